The molecule has 1 saturated heterocycles. The number of anilines is 1. The highest BCUT2D eigenvalue weighted by Crippen LogP contribution is 2.30. The van der Waals surface area contributed by atoms with E-state index < -0.39 is 12.1 Å². The molecule has 0 bridgehead atoms. The van der Waals surface area contributed by atoms with Crippen molar-refractivity contribution in [1.82, 2.24) is 15.1 Å². The first-order valence-corrected chi connectivity index (χ1v) is 11.0. The fourth-order valence-corrected chi connectivity index (χ4v) is 5.07. The van der Waals surface area contributed by atoms with Crippen LogP contribution in [0.3, 0.4) is 0 Å². The summed E-state index contributed by atoms with van der Waals surface area (Å²) in [6.45, 7) is 1.39. The molecule has 0 aromatic heterocycles. The molecule has 3 amide bonds. The van der Waals surface area contributed by atoms with E-state index in [-0.39, 0.29) is 25.2 Å². The maximum atomic E-state index is 13.1. The molecule has 6 nitrogen and oxygen atoms in total. The van der Waals surface area contributed by atoms with Gasteiger partial charge in [-0.25, -0.2) is 4.79 Å². The van der Waals surface area contributed by atoms with Crippen molar-refractivity contribution in [2.45, 2.75) is 56.8 Å². The SMILES string of the molecule is CNC1CCC(N2CCN(c3ccc4c(c3)CCN(C(=O)C(F)(F)F)CC4)C2=O)CC1. The molecule has 0 atom stereocenters. The van der Waals surface area contributed by atoms with E-state index in [4.69, 9.17) is 0 Å². The van der Waals surface area contributed by atoms with Crippen molar-refractivity contribution >= 4 is 17.6 Å². The van der Waals surface area contributed by atoms with Gasteiger partial charge in [-0.2, -0.15) is 13.2 Å². The van der Waals surface area contributed by atoms with Gasteiger partial charge in [0.15, 0.2) is 0 Å². The van der Waals surface area contributed by atoms with E-state index in [1.54, 1.807) is 4.90 Å². The zero-order valence-electron chi connectivity index (χ0n) is 17.7. The van der Waals surface area contributed by atoms with Gasteiger partial charge in [0.25, 0.3) is 0 Å². The molecule has 2 fully saturated rings. The van der Waals surface area contributed by atoms with Crippen LogP contribution in [0.1, 0.15) is 36.8 Å². The Hall–Kier alpha value is -2.29. The molecule has 4 rings (SSSR count). The van der Waals surface area contributed by atoms with E-state index in [9.17, 15) is 22.8 Å². The number of amides is 3. The van der Waals surface area contributed by atoms with E-state index in [0.29, 0.717) is 32.0 Å². The molecule has 0 radical (unpaired) electrons. The predicted octanol–water partition coefficient (Wildman–Crippen LogP) is 2.95. The Morgan fingerprint density at radius 2 is 1.68 bits per heavy atom. The minimum absolute atomic E-state index is 0.00959. The van der Waals surface area contributed by atoms with Crippen LogP contribution in [0.5, 0.6) is 0 Å². The first-order valence-electron chi connectivity index (χ1n) is 11.0. The van der Waals surface area contributed by atoms with E-state index >= 15 is 0 Å². The average Bonchev–Trinajstić information content (AvgIpc) is 3.01. The van der Waals surface area contributed by atoms with Crippen molar-refractivity contribution in [2.24, 2.45) is 0 Å². The summed E-state index contributed by atoms with van der Waals surface area (Å²) in [6, 6.07) is 6.48. The molecule has 170 valence electrons. The lowest BCUT2D eigenvalue weighted by molar-refractivity contribution is -0.185. The standard InChI is InChI=1S/C22H29F3N4O2/c1-26-17-3-6-18(7-4-17)28-12-13-29(21(28)31)19-5-2-15-8-10-27(11-9-16(15)14-19)20(30)22(23,24)25/h2,5,14,17-18,26H,3-4,6-13H2,1H3. The predicted molar refractivity (Wildman–Crippen MR) is 111 cm³/mol. The number of halogens is 3. The number of fused-ring (bicyclic) bond motifs is 1. The Bertz CT molecular complexity index is 837. The third-order valence-electron chi connectivity index (χ3n) is 6.92. The summed E-state index contributed by atoms with van der Waals surface area (Å²) in [7, 11) is 1.98. The van der Waals surface area contributed by atoms with Crippen molar-refractivity contribution in [1.29, 1.82) is 0 Å². The van der Waals surface area contributed by atoms with Crippen LogP contribution in [-0.4, -0.2) is 73.2 Å². The van der Waals surface area contributed by atoms with E-state index in [1.165, 1.54) is 0 Å². The fourth-order valence-electron chi connectivity index (χ4n) is 5.07. The second-order valence-corrected chi connectivity index (χ2v) is 8.66. The summed E-state index contributed by atoms with van der Waals surface area (Å²) in [5.41, 5.74) is 2.64. The quantitative estimate of drug-likeness (QED) is 0.790. The third-order valence-corrected chi connectivity index (χ3v) is 6.92. The van der Waals surface area contributed by atoms with Gasteiger partial charge in [0.1, 0.15) is 0 Å². The molecule has 2 heterocycles. The zero-order chi connectivity index (χ0) is 22.2. The summed E-state index contributed by atoms with van der Waals surface area (Å²) in [5, 5.41) is 3.31. The van der Waals surface area contributed by atoms with Crippen LogP contribution in [0, 0.1) is 0 Å². The van der Waals surface area contributed by atoms with Gasteiger partial charge in [-0.05, 0) is 68.8 Å². The van der Waals surface area contributed by atoms with Crippen molar-refractivity contribution in [2.75, 3.05) is 38.1 Å². The number of carbonyl (C=O) groups is 2. The molecule has 0 unspecified atom stereocenters. The van der Waals surface area contributed by atoms with Crippen LogP contribution in [0.15, 0.2) is 18.2 Å². The van der Waals surface area contributed by atoms with Gasteiger partial charge in [0.2, 0.25) is 0 Å². The second-order valence-electron chi connectivity index (χ2n) is 8.66. The van der Waals surface area contributed by atoms with Gasteiger partial charge in [-0.3, -0.25) is 9.69 Å². The number of benzene rings is 1. The normalized spacial score (nSPS) is 24.9. The zero-order valence-corrected chi connectivity index (χ0v) is 17.7. The summed E-state index contributed by atoms with van der Waals surface area (Å²) in [5.74, 6) is -1.78. The number of hydrogen-bond donors (Lipinski definition) is 1. The number of urea groups is 1. The van der Waals surface area contributed by atoms with Gasteiger partial charge in [-0.1, -0.05) is 6.07 Å². The fraction of sp³-hybridized carbons (Fsp3) is 0.636. The molecular weight excluding hydrogens is 409 g/mol. The third kappa shape index (κ3) is 4.51. The maximum absolute atomic E-state index is 13.1. The van der Waals surface area contributed by atoms with Crippen molar-refractivity contribution < 1.29 is 22.8 Å². The molecule has 1 saturated carbocycles. The Balaban J connectivity index is 1.43. The van der Waals surface area contributed by atoms with E-state index in [1.807, 2.05) is 30.1 Å². The molecule has 3 aliphatic rings. The van der Waals surface area contributed by atoms with Crippen molar-refractivity contribution in [3.8, 4) is 0 Å². The van der Waals surface area contributed by atoms with Crippen LogP contribution in [0.2, 0.25) is 0 Å². The summed E-state index contributed by atoms with van der Waals surface area (Å²) in [6.07, 6.45) is 0.0149. The number of nitrogens with zero attached hydrogens (tertiary/aromatic N) is 3. The second kappa shape index (κ2) is 8.68. The summed E-state index contributed by atoms with van der Waals surface area (Å²) >= 11 is 0. The molecule has 1 aliphatic carbocycles. The minimum Gasteiger partial charge on any atom is -0.334 e. The molecule has 2 aliphatic heterocycles. The number of hydrogen-bond acceptors (Lipinski definition) is 3. The van der Waals surface area contributed by atoms with Crippen LogP contribution in [0.4, 0.5) is 23.7 Å². The molecule has 1 aromatic carbocycles. The first-order chi connectivity index (χ1) is 14.8. The first kappa shape index (κ1) is 21.9. The lowest BCUT2D eigenvalue weighted by Gasteiger charge is -2.34. The largest absolute Gasteiger partial charge is 0.471 e. The maximum Gasteiger partial charge on any atom is 0.471 e. The molecule has 31 heavy (non-hydrogen) atoms. The highest BCUT2D eigenvalue weighted by Gasteiger charge is 2.42. The molecule has 1 N–H and O–H groups in total. The van der Waals surface area contributed by atoms with Gasteiger partial charge in [0, 0.05) is 44.0 Å². The van der Waals surface area contributed by atoms with Crippen molar-refractivity contribution in [3.05, 3.63) is 29.3 Å². The molecule has 1 aromatic rings. The van der Waals surface area contributed by atoms with Crippen LogP contribution >= 0.6 is 0 Å². The van der Waals surface area contributed by atoms with Crippen LogP contribution in [0.25, 0.3) is 0 Å². The van der Waals surface area contributed by atoms with E-state index in [0.717, 1.165) is 47.4 Å². The van der Waals surface area contributed by atoms with Gasteiger partial charge >= 0.3 is 18.1 Å². The van der Waals surface area contributed by atoms with Crippen LogP contribution < -0.4 is 10.2 Å². The topological polar surface area (TPSA) is 55.9 Å². The highest BCUT2D eigenvalue weighted by atomic mass is 19.4. The number of alkyl halides is 3. The van der Waals surface area contributed by atoms with Gasteiger partial charge in [0.05, 0.1) is 0 Å². The number of rotatable bonds is 3. The minimum atomic E-state index is -4.85. The van der Waals surface area contributed by atoms with Crippen LogP contribution in [-0.2, 0) is 17.6 Å². The monoisotopic (exact) mass is 438 g/mol. The summed E-state index contributed by atoms with van der Waals surface area (Å²) in [4.78, 5) is 29.3. The van der Waals surface area contributed by atoms with Crippen molar-refractivity contribution in [3.63, 3.8) is 0 Å². The van der Waals surface area contributed by atoms with Gasteiger partial charge < -0.3 is 15.1 Å². The number of nitrogens with one attached hydrogen (secondary N) is 1. The average molecular weight is 438 g/mol. The molecule has 0 spiro atoms. The summed E-state index contributed by atoms with van der Waals surface area (Å²) < 4.78 is 38.4. The Morgan fingerprint density at radius 3 is 2.32 bits per heavy atom. The molecular formula is C22H29F3N4O2. The lowest BCUT2D eigenvalue weighted by atomic mass is 9.90. The lowest BCUT2D eigenvalue weighted by Crippen LogP contribution is -2.43. The Kier molecular flexibility index (Phi) is 6.14. The van der Waals surface area contributed by atoms with E-state index in [2.05, 4.69) is 5.32 Å². The number of carbonyl (C=O) groups excluding carboxylic acids is 2. The molecule has 9 heteroatoms. The Labute approximate surface area is 180 Å². The highest BCUT2D eigenvalue weighted by molar-refractivity contribution is 5.94. The smallest absolute Gasteiger partial charge is 0.334 e. The van der Waals surface area contributed by atoms with Gasteiger partial charge in [-0.15, -0.1) is 0 Å². The Morgan fingerprint density at radius 1 is 1.00 bits per heavy atom.